The lowest BCUT2D eigenvalue weighted by atomic mass is 9.98. The van der Waals surface area contributed by atoms with Gasteiger partial charge < -0.3 is 4.90 Å². The number of carbonyl (C=O) groups excluding carboxylic acids is 1. The van der Waals surface area contributed by atoms with E-state index in [0.29, 0.717) is 25.1 Å². The number of nitrogens with one attached hydrogen (secondary N) is 1. The van der Waals surface area contributed by atoms with Crippen LogP contribution in [0.15, 0.2) is 18.2 Å². The van der Waals surface area contributed by atoms with Gasteiger partial charge in [0, 0.05) is 13.1 Å². The van der Waals surface area contributed by atoms with Gasteiger partial charge in [0.15, 0.2) is 6.29 Å². The maximum absolute atomic E-state index is 13.5. The van der Waals surface area contributed by atoms with Crippen LogP contribution >= 0.6 is 0 Å². The monoisotopic (exact) mass is 250 g/mol. The standard InChI is InChI=1S/C13H12F2N2O/c14-12-5-10(6-13(15)11(12)7-18)9-1-3-17(8-16)4-2-9/h1,5-8,16H,2-4H2. The van der Waals surface area contributed by atoms with E-state index in [1.807, 2.05) is 6.08 Å². The highest BCUT2D eigenvalue weighted by molar-refractivity contribution is 5.78. The fourth-order valence-corrected chi connectivity index (χ4v) is 1.95. The molecule has 1 aromatic carbocycles. The molecule has 0 amide bonds. The van der Waals surface area contributed by atoms with Gasteiger partial charge in [0.05, 0.1) is 11.9 Å². The van der Waals surface area contributed by atoms with E-state index in [2.05, 4.69) is 0 Å². The Kier molecular flexibility index (Phi) is 3.50. The maximum atomic E-state index is 13.5. The number of carbonyl (C=O) groups is 1. The van der Waals surface area contributed by atoms with Crippen molar-refractivity contribution in [2.24, 2.45) is 0 Å². The summed E-state index contributed by atoms with van der Waals surface area (Å²) in [6.07, 6.45) is 3.88. The first kappa shape index (κ1) is 12.4. The van der Waals surface area contributed by atoms with Crippen LogP contribution in [0.25, 0.3) is 5.57 Å². The molecule has 0 saturated carbocycles. The van der Waals surface area contributed by atoms with Crippen LogP contribution in [-0.4, -0.2) is 30.6 Å². The van der Waals surface area contributed by atoms with Crippen LogP contribution in [0.5, 0.6) is 0 Å². The van der Waals surface area contributed by atoms with Gasteiger partial charge in [-0.3, -0.25) is 10.2 Å². The molecular formula is C13H12F2N2O. The quantitative estimate of drug-likeness (QED) is 0.509. The topological polar surface area (TPSA) is 44.2 Å². The van der Waals surface area contributed by atoms with E-state index in [9.17, 15) is 13.6 Å². The van der Waals surface area contributed by atoms with Crippen LogP contribution in [0.1, 0.15) is 22.3 Å². The van der Waals surface area contributed by atoms with Gasteiger partial charge in [-0.25, -0.2) is 8.78 Å². The SMILES string of the molecule is N=CN1CC=C(c2cc(F)c(C=O)c(F)c2)CC1. The predicted octanol–water partition coefficient (Wildman–Crippen LogP) is 2.47. The Balaban J connectivity index is 2.33. The van der Waals surface area contributed by atoms with Crippen molar-refractivity contribution in [3.05, 3.63) is 41.0 Å². The summed E-state index contributed by atoms with van der Waals surface area (Å²) >= 11 is 0. The molecule has 0 fully saturated rings. The lowest BCUT2D eigenvalue weighted by molar-refractivity contribution is 0.111. The van der Waals surface area contributed by atoms with E-state index >= 15 is 0 Å². The summed E-state index contributed by atoms with van der Waals surface area (Å²) in [6, 6.07) is 2.36. The molecule has 0 atom stereocenters. The second kappa shape index (κ2) is 5.08. The third-order valence-electron chi connectivity index (χ3n) is 2.99. The van der Waals surface area contributed by atoms with E-state index in [0.717, 1.165) is 5.57 Å². The van der Waals surface area contributed by atoms with Crippen LogP contribution < -0.4 is 0 Å². The van der Waals surface area contributed by atoms with Gasteiger partial charge in [0.1, 0.15) is 11.6 Å². The smallest absolute Gasteiger partial charge is 0.155 e. The fourth-order valence-electron chi connectivity index (χ4n) is 1.95. The zero-order valence-electron chi connectivity index (χ0n) is 9.62. The van der Waals surface area contributed by atoms with Crippen molar-refractivity contribution in [1.82, 2.24) is 4.90 Å². The third-order valence-corrected chi connectivity index (χ3v) is 2.99. The van der Waals surface area contributed by atoms with Gasteiger partial charge in [-0.15, -0.1) is 0 Å². The number of hydrogen-bond donors (Lipinski definition) is 1. The Hall–Kier alpha value is -2.04. The molecule has 0 radical (unpaired) electrons. The van der Waals surface area contributed by atoms with Crippen LogP contribution in [0.3, 0.4) is 0 Å². The molecule has 94 valence electrons. The molecular weight excluding hydrogens is 238 g/mol. The van der Waals surface area contributed by atoms with Gasteiger partial charge in [0.25, 0.3) is 0 Å². The molecule has 1 aromatic rings. The summed E-state index contributed by atoms with van der Waals surface area (Å²) in [5.41, 5.74) is 0.764. The zero-order chi connectivity index (χ0) is 13.1. The second-order valence-electron chi connectivity index (χ2n) is 4.07. The summed E-state index contributed by atoms with van der Waals surface area (Å²) in [6.45, 7) is 1.20. The minimum Gasteiger partial charge on any atom is -0.359 e. The Morgan fingerprint density at radius 3 is 2.39 bits per heavy atom. The van der Waals surface area contributed by atoms with E-state index in [1.165, 1.54) is 18.5 Å². The van der Waals surface area contributed by atoms with Crippen LogP contribution in [0.2, 0.25) is 0 Å². The van der Waals surface area contributed by atoms with Gasteiger partial charge in [-0.1, -0.05) is 6.08 Å². The Morgan fingerprint density at radius 1 is 1.28 bits per heavy atom. The Bertz CT molecular complexity index is 503. The molecule has 1 heterocycles. The van der Waals surface area contributed by atoms with Crippen LogP contribution in [0.4, 0.5) is 8.78 Å². The highest BCUT2D eigenvalue weighted by atomic mass is 19.1. The van der Waals surface area contributed by atoms with Crippen LogP contribution in [-0.2, 0) is 0 Å². The summed E-state index contributed by atoms with van der Waals surface area (Å²) in [5, 5.41) is 7.10. The molecule has 3 nitrogen and oxygen atoms in total. The highest BCUT2D eigenvalue weighted by Crippen LogP contribution is 2.25. The summed E-state index contributed by atoms with van der Waals surface area (Å²) in [7, 11) is 0. The Labute approximate surface area is 103 Å². The molecule has 2 rings (SSSR count). The van der Waals surface area contributed by atoms with Crippen molar-refractivity contribution < 1.29 is 13.6 Å². The molecule has 0 unspecified atom stereocenters. The minimum absolute atomic E-state index is 0.181. The molecule has 0 bridgehead atoms. The second-order valence-corrected chi connectivity index (χ2v) is 4.07. The third kappa shape index (κ3) is 2.30. The summed E-state index contributed by atoms with van der Waals surface area (Å²) in [4.78, 5) is 12.3. The lowest BCUT2D eigenvalue weighted by Crippen LogP contribution is -2.26. The molecule has 0 aromatic heterocycles. The Morgan fingerprint density at radius 2 is 1.94 bits per heavy atom. The number of benzene rings is 1. The minimum atomic E-state index is -0.838. The number of rotatable bonds is 3. The summed E-state index contributed by atoms with van der Waals surface area (Å²) in [5.74, 6) is -1.68. The average molecular weight is 250 g/mol. The number of halogens is 2. The number of nitrogens with zero attached hydrogens (tertiary/aromatic N) is 1. The van der Waals surface area contributed by atoms with Crippen molar-refractivity contribution in [3.8, 4) is 0 Å². The van der Waals surface area contributed by atoms with E-state index in [4.69, 9.17) is 5.41 Å². The molecule has 0 aliphatic carbocycles. The maximum Gasteiger partial charge on any atom is 0.155 e. The number of aldehydes is 1. The normalized spacial score (nSPS) is 15.2. The van der Waals surface area contributed by atoms with Crippen LogP contribution in [0, 0.1) is 17.0 Å². The fraction of sp³-hybridized carbons (Fsp3) is 0.231. The summed E-state index contributed by atoms with van der Waals surface area (Å²) < 4.78 is 26.9. The lowest BCUT2D eigenvalue weighted by Gasteiger charge is -2.23. The predicted molar refractivity (Wildman–Crippen MR) is 64.7 cm³/mol. The molecule has 18 heavy (non-hydrogen) atoms. The van der Waals surface area contributed by atoms with E-state index in [1.54, 1.807) is 4.90 Å². The van der Waals surface area contributed by atoms with Crippen molar-refractivity contribution in [1.29, 1.82) is 5.41 Å². The van der Waals surface area contributed by atoms with Gasteiger partial charge in [-0.05, 0) is 29.7 Å². The van der Waals surface area contributed by atoms with Crippen molar-refractivity contribution in [3.63, 3.8) is 0 Å². The number of hydrogen-bond acceptors (Lipinski definition) is 2. The van der Waals surface area contributed by atoms with Crippen molar-refractivity contribution in [2.45, 2.75) is 6.42 Å². The molecule has 0 saturated heterocycles. The molecule has 5 heteroatoms. The highest BCUT2D eigenvalue weighted by Gasteiger charge is 2.15. The first-order chi connectivity index (χ1) is 8.65. The average Bonchev–Trinajstić information content (AvgIpc) is 2.38. The van der Waals surface area contributed by atoms with Crippen molar-refractivity contribution in [2.75, 3.05) is 13.1 Å². The zero-order valence-corrected chi connectivity index (χ0v) is 9.62. The molecule has 1 aliphatic rings. The van der Waals surface area contributed by atoms with Gasteiger partial charge in [-0.2, -0.15) is 0 Å². The molecule has 1 aliphatic heterocycles. The van der Waals surface area contributed by atoms with Crippen molar-refractivity contribution >= 4 is 18.2 Å². The van der Waals surface area contributed by atoms with E-state index < -0.39 is 17.2 Å². The first-order valence-electron chi connectivity index (χ1n) is 5.54. The molecule has 1 N–H and O–H groups in total. The van der Waals surface area contributed by atoms with Gasteiger partial charge >= 0.3 is 0 Å². The van der Waals surface area contributed by atoms with Gasteiger partial charge in [0.2, 0.25) is 0 Å². The largest absolute Gasteiger partial charge is 0.359 e. The molecule has 0 spiro atoms. The van der Waals surface area contributed by atoms with E-state index in [-0.39, 0.29) is 6.29 Å². The first-order valence-corrected chi connectivity index (χ1v) is 5.54.